The predicted molar refractivity (Wildman–Crippen MR) is 177 cm³/mol. The quantitative estimate of drug-likeness (QED) is 0.220. The molecule has 0 radical (unpaired) electrons. The summed E-state index contributed by atoms with van der Waals surface area (Å²) in [5, 5.41) is 8.16. The van der Waals surface area contributed by atoms with E-state index in [2.05, 4.69) is 50.1 Å². The third kappa shape index (κ3) is 5.75. The van der Waals surface area contributed by atoms with Crippen LogP contribution in [-0.4, -0.2) is 66.7 Å². The molecule has 2 N–H and O–H groups in total. The Kier molecular flexibility index (Phi) is 8.02. The van der Waals surface area contributed by atoms with Gasteiger partial charge in [0.15, 0.2) is 5.82 Å². The molecule has 0 unspecified atom stereocenters. The second-order valence-corrected chi connectivity index (χ2v) is 11.9. The number of carbonyl (C=O) groups is 1. The van der Waals surface area contributed by atoms with Gasteiger partial charge in [0.05, 0.1) is 36.8 Å². The zero-order chi connectivity index (χ0) is 31.8. The van der Waals surface area contributed by atoms with E-state index in [1.807, 2.05) is 42.5 Å². The van der Waals surface area contributed by atoms with Crippen molar-refractivity contribution in [2.45, 2.75) is 31.0 Å². The van der Waals surface area contributed by atoms with Gasteiger partial charge < -0.3 is 20.3 Å². The number of nitrogens with one attached hydrogen (secondary N) is 2. The maximum Gasteiger partial charge on any atom is 0.247 e. The number of methoxy groups -OCH3 is 1. The predicted octanol–water partition coefficient (Wildman–Crippen LogP) is 5.94. The van der Waals surface area contributed by atoms with Gasteiger partial charge in [-0.25, -0.2) is 19.4 Å². The van der Waals surface area contributed by atoms with Gasteiger partial charge in [-0.05, 0) is 60.5 Å². The molecule has 11 heteroatoms. The first-order valence-corrected chi connectivity index (χ1v) is 15.4. The molecule has 3 aliphatic heterocycles. The van der Waals surface area contributed by atoms with Crippen molar-refractivity contribution in [2.75, 3.05) is 54.5 Å². The van der Waals surface area contributed by atoms with Gasteiger partial charge in [-0.1, -0.05) is 36.9 Å². The lowest BCUT2D eigenvalue weighted by Gasteiger charge is -2.35. The molecule has 236 valence electrons. The Morgan fingerprint density at radius 3 is 2.61 bits per heavy atom. The van der Waals surface area contributed by atoms with Crippen LogP contribution in [0.4, 0.5) is 33.1 Å². The number of hydrogen-bond acceptors (Lipinski definition) is 9. The lowest BCUT2D eigenvalue weighted by molar-refractivity contribution is -0.111. The summed E-state index contributed by atoms with van der Waals surface area (Å²) in [5.74, 6) is 1.17. The minimum absolute atomic E-state index is 0.0966. The number of rotatable bonds is 9. The van der Waals surface area contributed by atoms with Gasteiger partial charge in [0.25, 0.3) is 0 Å². The highest BCUT2D eigenvalue weighted by Gasteiger charge is 2.42. The normalized spacial score (nSPS) is 20.6. The van der Waals surface area contributed by atoms with Crippen LogP contribution in [0.25, 0.3) is 11.1 Å². The van der Waals surface area contributed by atoms with Gasteiger partial charge in [-0.3, -0.25) is 14.5 Å². The Labute approximate surface area is 267 Å². The molecule has 7 rings (SSSR count). The fraction of sp³-hybridized carbons (Fsp3) is 0.286. The van der Waals surface area contributed by atoms with Crippen molar-refractivity contribution >= 4 is 34.6 Å². The van der Waals surface area contributed by atoms with Crippen LogP contribution in [0.5, 0.6) is 5.75 Å². The maximum absolute atomic E-state index is 13.9. The first-order valence-electron chi connectivity index (χ1n) is 15.4. The SMILES string of the molecule is C=CC(=O)Nc1cc(Nc2cc(N3OCC[C@@H]3c3cccc(-c4cccc(F)c4)c3)ncn2)c(OC)cc1N1C[C@H]2C[C@@H]1CN2C. The van der Waals surface area contributed by atoms with Gasteiger partial charge in [-0.15, -0.1) is 0 Å². The summed E-state index contributed by atoms with van der Waals surface area (Å²) < 4.78 is 19.8. The highest BCUT2D eigenvalue weighted by molar-refractivity contribution is 6.02. The number of amides is 1. The van der Waals surface area contributed by atoms with Crippen molar-refractivity contribution in [2.24, 2.45) is 0 Å². The third-order valence-electron chi connectivity index (χ3n) is 9.06. The maximum atomic E-state index is 13.9. The van der Waals surface area contributed by atoms with Gasteiger partial charge in [-0.2, -0.15) is 0 Å². The molecular weight excluding hydrogens is 585 g/mol. The van der Waals surface area contributed by atoms with Gasteiger partial charge in [0.1, 0.15) is 23.7 Å². The number of aromatic nitrogens is 2. The Hall–Kier alpha value is -5.00. The lowest BCUT2D eigenvalue weighted by Crippen LogP contribution is -2.44. The number of piperazine rings is 1. The Morgan fingerprint density at radius 2 is 1.87 bits per heavy atom. The molecule has 0 aliphatic carbocycles. The minimum Gasteiger partial charge on any atom is -0.494 e. The van der Waals surface area contributed by atoms with E-state index in [4.69, 9.17) is 9.57 Å². The molecule has 46 heavy (non-hydrogen) atoms. The largest absolute Gasteiger partial charge is 0.494 e. The summed E-state index contributed by atoms with van der Waals surface area (Å²) >= 11 is 0. The summed E-state index contributed by atoms with van der Waals surface area (Å²) in [6.07, 6.45) is 4.60. The van der Waals surface area contributed by atoms with E-state index in [-0.39, 0.29) is 17.8 Å². The monoisotopic (exact) mass is 621 g/mol. The number of hydrogen-bond donors (Lipinski definition) is 2. The number of fused-ring (bicyclic) bond motifs is 2. The fourth-order valence-electron chi connectivity index (χ4n) is 6.78. The Balaban J connectivity index is 1.16. The zero-order valence-electron chi connectivity index (χ0n) is 25.8. The summed E-state index contributed by atoms with van der Waals surface area (Å²) in [6, 6.07) is 21.1. The molecule has 4 heterocycles. The summed E-state index contributed by atoms with van der Waals surface area (Å²) in [6.45, 7) is 6.01. The van der Waals surface area contributed by atoms with Crippen LogP contribution in [0.15, 0.2) is 85.7 Å². The van der Waals surface area contributed by atoms with E-state index < -0.39 is 0 Å². The van der Waals surface area contributed by atoms with Crippen molar-refractivity contribution in [3.63, 3.8) is 0 Å². The number of carbonyl (C=O) groups excluding carboxylic acids is 1. The molecule has 0 saturated carbocycles. The molecule has 3 aromatic carbocycles. The van der Waals surface area contributed by atoms with Crippen molar-refractivity contribution < 1.29 is 18.8 Å². The van der Waals surface area contributed by atoms with E-state index in [1.54, 1.807) is 18.2 Å². The van der Waals surface area contributed by atoms with E-state index in [0.717, 1.165) is 48.3 Å². The van der Waals surface area contributed by atoms with E-state index in [0.29, 0.717) is 47.5 Å². The van der Waals surface area contributed by atoms with Crippen LogP contribution in [0.2, 0.25) is 0 Å². The number of nitrogens with zero attached hydrogens (tertiary/aromatic N) is 5. The van der Waals surface area contributed by atoms with E-state index in [1.165, 1.54) is 24.5 Å². The van der Waals surface area contributed by atoms with E-state index >= 15 is 0 Å². The van der Waals surface area contributed by atoms with Crippen molar-refractivity contribution in [1.29, 1.82) is 0 Å². The topological polar surface area (TPSA) is 95.1 Å². The molecule has 10 nitrogen and oxygen atoms in total. The van der Waals surface area contributed by atoms with E-state index in [9.17, 15) is 9.18 Å². The average Bonchev–Trinajstić information content (AvgIpc) is 3.82. The molecular formula is C35H36FN7O3. The first kappa shape index (κ1) is 29.7. The molecule has 1 aromatic heterocycles. The third-order valence-corrected chi connectivity index (χ3v) is 9.06. The van der Waals surface area contributed by atoms with Crippen LogP contribution in [-0.2, 0) is 9.63 Å². The number of anilines is 5. The molecule has 3 saturated heterocycles. The lowest BCUT2D eigenvalue weighted by atomic mass is 9.98. The highest BCUT2D eigenvalue weighted by atomic mass is 19.1. The number of ether oxygens (including phenoxy) is 1. The second kappa shape index (κ2) is 12.4. The van der Waals surface area contributed by atoms with Crippen molar-refractivity contribution in [3.05, 3.63) is 97.1 Å². The Bertz CT molecular complexity index is 1780. The van der Waals surface area contributed by atoms with Crippen LogP contribution >= 0.6 is 0 Å². The number of hydroxylamine groups is 1. The van der Waals surface area contributed by atoms with Crippen LogP contribution < -0.4 is 25.3 Å². The second-order valence-electron chi connectivity index (χ2n) is 11.9. The van der Waals surface area contributed by atoms with Crippen LogP contribution in [0, 0.1) is 5.82 Å². The van der Waals surface area contributed by atoms with Gasteiger partial charge in [0, 0.05) is 43.7 Å². The molecule has 0 spiro atoms. The molecule has 3 fully saturated rings. The van der Waals surface area contributed by atoms with Crippen LogP contribution in [0.1, 0.15) is 24.4 Å². The molecule has 3 atom stereocenters. The average molecular weight is 622 g/mol. The van der Waals surface area contributed by atoms with Crippen LogP contribution in [0.3, 0.4) is 0 Å². The molecule has 3 aliphatic rings. The summed E-state index contributed by atoms with van der Waals surface area (Å²) in [4.78, 5) is 32.3. The number of benzene rings is 3. The van der Waals surface area contributed by atoms with Gasteiger partial charge in [0.2, 0.25) is 5.91 Å². The minimum atomic E-state index is -0.290. The highest BCUT2D eigenvalue weighted by Crippen LogP contribution is 2.43. The molecule has 4 aromatic rings. The number of likely N-dealkylation sites (tertiary alicyclic amines) is 1. The number of halogens is 1. The summed E-state index contributed by atoms with van der Waals surface area (Å²) in [5.41, 5.74) is 4.99. The zero-order valence-corrected chi connectivity index (χ0v) is 25.8. The Morgan fingerprint density at radius 1 is 1.04 bits per heavy atom. The summed E-state index contributed by atoms with van der Waals surface area (Å²) in [7, 11) is 3.79. The van der Waals surface area contributed by atoms with Crippen molar-refractivity contribution in [1.82, 2.24) is 14.9 Å². The fourth-order valence-corrected chi connectivity index (χ4v) is 6.78. The standard InChI is InChI=1S/C35H36FN7O3/c1-4-35(44)40-28-16-29(32(45-3)17-31(28)42-20-26-15-27(42)19-41(26)2)39-33-18-34(38-21-37-33)43-30(11-12-46-43)24-9-5-7-22(13-24)23-8-6-10-25(36)14-23/h4-10,13-14,16-18,21,26-27,30H,1,11-12,15,19-20H2,2-3H3,(H,40,44)(H,37,38,39)/t26-,27-,30-/m1/s1. The van der Waals surface area contributed by atoms with Crippen molar-refractivity contribution in [3.8, 4) is 16.9 Å². The number of likely N-dealkylation sites (N-methyl/N-ethyl adjacent to an activating group) is 1. The first-order chi connectivity index (χ1) is 22.4. The molecule has 1 amide bonds. The van der Waals surface area contributed by atoms with Gasteiger partial charge >= 0.3 is 0 Å². The smallest absolute Gasteiger partial charge is 0.247 e. The molecule has 2 bridgehead atoms.